The molecule has 1 aromatic carbocycles. The molecule has 2 saturated heterocycles. The van der Waals surface area contributed by atoms with Crippen LogP contribution >= 0.6 is 23.4 Å². The second-order valence-corrected chi connectivity index (χ2v) is 12.4. The number of ether oxygens (including phenoxy) is 1. The molecule has 5 atom stereocenters. The van der Waals surface area contributed by atoms with E-state index >= 15 is 0 Å². The maximum atomic E-state index is 14.5. The van der Waals surface area contributed by atoms with E-state index in [2.05, 4.69) is 6.08 Å². The number of halogens is 1. The van der Waals surface area contributed by atoms with E-state index in [9.17, 15) is 19.5 Å². The number of aliphatic hydroxyl groups is 1. The summed E-state index contributed by atoms with van der Waals surface area (Å²) in [5.41, 5.74) is 1.53. The number of esters is 1. The quantitative estimate of drug-likeness (QED) is 0.318. The highest BCUT2D eigenvalue weighted by Crippen LogP contribution is 2.61. The minimum Gasteiger partial charge on any atom is -0.465 e. The van der Waals surface area contributed by atoms with E-state index in [1.54, 1.807) is 27.6 Å². The van der Waals surface area contributed by atoms with Crippen molar-refractivity contribution in [3.05, 3.63) is 53.1 Å². The van der Waals surface area contributed by atoms with Crippen molar-refractivity contribution >= 4 is 46.8 Å². The van der Waals surface area contributed by atoms with Gasteiger partial charge in [0.25, 0.3) is 5.91 Å². The molecule has 38 heavy (non-hydrogen) atoms. The first kappa shape index (κ1) is 27.3. The Bertz CT molecular complexity index is 1140. The zero-order chi connectivity index (χ0) is 26.9. The van der Waals surface area contributed by atoms with Crippen molar-refractivity contribution in [2.75, 3.05) is 31.2 Å². The van der Waals surface area contributed by atoms with Gasteiger partial charge in [-0.05, 0) is 57.1 Å². The van der Waals surface area contributed by atoms with Crippen LogP contribution in [0.3, 0.4) is 0 Å². The molecule has 2 amide bonds. The second kappa shape index (κ2) is 11.4. The molecule has 9 heteroatoms. The first-order valence-electron chi connectivity index (χ1n) is 13.6. The van der Waals surface area contributed by atoms with Gasteiger partial charge in [-0.3, -0.25) is 14.4 Å². The lowest BCUT2D eigenvalue weighted by atomic mass is 9.78. The Morgan fingerprint density at radius 1 is 1.13 bits per heavy atom. The first-order chi connectivity index (χ1) is 18.4. The van der Waals surface area contributed by atoms with Gasteiger partial charge in [-0.15, -0.1) is 11.8 Å². The number of amides is 2. The summed E-state index contributed by atoms with van der Waals surface area (Å²) in [6.07, 6.45) is 12.8. The molecular formula is C29H35ClN2O5S. The van der Waals surface area contributed by atoms with Gasteiger partial charge in [0.2, 0.25) is 5.91 Å². The Labute approximate surface area is 233 Å². The van der Waals surface area contributed by atoms with Crippen LogP contribution in [0.1, 0.15) is 44.1 Å². The molecule has 4 aliphatic rings. The summed E-state index contributed by atoms with van der Waals surface area (Å²) in [6, 6.07) is 4.78. The van der Waals surface area contributed by atoms with Crippen molar-refractivity contribution in [3.63, 3.8) is 0 Å². The molecule has 1 aromatic rings. The summed E-state index contributed by atoms with van der Waals surface area (Å²) in [7, 11) is 0. The fourth-order valence-corrected chi connectivity index (χ4v) is 8.72. The van der Waals surface area contributed by atoms with E-state index in [0.717, 1.165) is 31.2 Å². The third-order valence-electron chi connectivity index (χ3n) is 8.12. The zero-order valence-electron chi connectivity index (χ0n) is 21.7. The summed E-state index contributed by atoms with van der Waals surface area (Å²) in [5.74, 6) is -2.05. The number of likely N-dealkylation sites (tertiary alicyclic amines) is 1. The van der Waals surface area contributed by atoms with Crippen molar-refractivity contribution in [1.29, 1.82) is 0 Å². The Balaban J connectivity index is 1.59. The predicted octanol–water partition coefficient (Wildman–Crippen LogP) is 4.29. The molecule has 0 aliphatic carbocycles. The normalized spacial score (nSPS) is 31.9. The number of aryl methyl sites for hydroxylation is 1. The maximum Gasteiger partial charge on any atom is 0.311 e. The summed E-state index contributed by atoms with van der Waals surface area (Å²) in [4.78, 5) is 45.5. The van der Waals surface area contributed by atoms with Crippen LogP contribution in [-0.2, 0) is 19.1 Å². The molecule has 2 fully saturated rings. The van der Waals surface area contributed by atoms with Gasteiger partial charge < -0.3 is 19.6 Å². The fraction of sp³-hybridized carbons (Fsp3) is 0.552. The van der Waals surface area contributed by atoms with Crippen molar-refractivity contribution in [3.8, 4) is 0 Å². The summed E-state index contributed by atoms with van der Waals surface area (Å²) >= 11 is 8.16. The lowest BCUT2D eigenvalue weighted by molar-refractivity contribution is -0.153. The third kappa shape index (κ3) is 4.69. The summed E-state index contributed by atoms with van der Waals surface area (Å²) in [6.45, 7) is 3.07. The first-order valence-corrected chi connectivity index (χ1v) is 14.8. The van der Waals surface area contributed by atoms with E-state index in [-0.39, 0.29) is 29.6 Å². The van der Waals surface area contributed by atoms with Crippen LogP contribution in [0.25, 0.3) is 0 Å². The zero-order valence-corrected chi connectivity index (χ0v) is 23.3. The number of cyclic esters (lactones) is 1. The van der Waals surface area contributed by atoms with Gasteiger partial charge in [-0.25, -0.2) is 0 Å². The molecule has 0 saturated carbocycles. The van der Waals surface area contributed by atoms with E-state index in [1.165, 1.54) is 0 Å². The van der Waals surface area contributed by atoms with Gasteiger partial charge in [0.05, 0.1) is 33.9 Å². The van der Waals surface area contributed by atoms with Crippen LogP contribution in [0.5, 0.6) is 0 Å². The lowest BCUT2D eigenvalue weighted by Gasteiger charge is -2.35. The minimum atomic E-state index is -0.887. The number of aliphatic hydroxyl groups excluding tert-OH is 1. The number of carbonyl (C=O) groups is 3. The number of anilines is 1. The van der Waals surface area contributed by atoms with Crippen LogP contribution < -0.4 is 4.90 Å². The predicted molar refractivity (Wildman–Crippen MR) is 149 cm³/mol. The Kier molecular flexibility index (Phi) is 8.22. The van der Waals surface area contributed by atoms with E-state index in [0.29, 0.717) is 43.2 Å². The summed E-state index contributed by atoms with van der Waals surface area (Å²) in [5, 5.41) is 9.48. The Morgan fingerprint density at radius 2 is 1.97 bits per heavy atom. The number of thioether (sulfide) groups is 1. The van der Waals surface area contributed by atoms with Crippen LogP contribution in [0, 0.1) is 18.8 Å². The molecule has 4 aliphatic heterocycles. The molecule has 1 spiro atoms. The van der Waals surface area contributed by atoms with Crippen molar-refractivity contribution < 1.29 is 24.2 Å². The Morgan fingerprint density at radius 3 is 2.76 bits per heavy atom. The molecule has 5 rings (SSSR count). The smallest absolute Gasteiger partial charge is 0.311 e. The third-order valence-corrected chi connectivity index (χ3v) is 10.2. The molecular weight excluding hydrogens is 524 g/mol. The van der Waals surface area contributed by atoms with E-state index in [1.807, 2.05) is 37.3 Å². The van der Waals surface area contributed by atoms with Gasteiger partial charge in [-0.1, -0.05) is 48.0 Å². The molecule has 7 nitrogen and oxygen atoms in total. The molecule has 0 aromatic heterocycles. The number of nitrogens with zero attached hydrogens (tertiary/aromatic N) is 2. The van der Waals surface area contributed by atoms with Crippen LogP contribution in [0.4, 0.5) is 5.69 Å². The van der Waals surface area contributed by atoms with Crippen molar-refractivity contribution in [1.82, 2.24) is 4.90 Å². The molecule has 1 unspecified atom stereocenters. The number of para-hydroxylation sites is 1. The second-order valence-electron chi connectivity index (χ2n) is 10.5. The van der Waals surface area contributed by atoms with Crippen LogP contribution in [0.15, 0.2) is 42.5 Å². The van der Waals surface area contributed by atoms with Crippen molar-refractivity contribution in [2.45, 2.75) is 61.5 Å². The highest BCUT2D eigenvalue weighted by molar-refractivity contribution is 8.02. The van der Waals surface area contributed by atoms with Gasteiger partial charge in [0.1, 0.15) is 6.04 Å². The van der Waals surface area contributed by atoms with E-state index < -0.39 is 22.6 Å². The molecule has 0 radical (unpaired) electrons. The number of allylic oxidation sites excluding steroid dienone is 1. The number of fused-ring (bicyclic) bond motifs is 2. The number of unbranched alkanes of at least 4 members (excludes halogenated alkanes) is 2. The standard InChI is InChI=1S/C29H35ClN2O5S/c1-19-11-9-12-20(30)24(19)31-16-10-14-29-23(22-21(38-29)13-5-2-3-8-18-37-28(22)36)26(34)32(25(29)27(31)35)15-6-4-7-17-33/h5,9-14,21-23,25,33H,2-4,6-8,15-18H2,1H3/b13-5-/t21-,22+,23+,25?,29+/m1/s1. The fourth-order valence-electron chi connectivity index (χ4n) is 6.39. The minimum absolute atomic E-state index is 0.0863. The number of hydrogen-bond donors (Lipinski definition) is 1. The number of carbonyl (C=O) groups excluding carboxylic acids is 3. The largest absolute Gasteiger partial charge is 0.465 e. The molecule has 1 N–H and O–H groups in total. The average Bonchev–Trinajstić information content (AvgIpc) is 3.27. The SMILES string of the molecule is Cc1cccc(Cl)c1N1CC=C[C@]23S[C@@H]4/C=C\CCCCOC(=O)[C@@H]4[C@H]2C(=O)N(CCCCCO)C3C1=O. The number of hydrogen-bond acceptors (Lipinski definition) is 6. The van der Waals surface area contributed by atoms with Gasteiger partial charge >= 0.3 is 5.97 Å². The number of benzene rings is 1. The average molecular weight is 559 g/mol. The molecule has 204 valence electrons. The Hall–Kier alpha value is -2.29. The van der Waals surface area contributed by atoms with Gasteiger partial charge in [0.15, 0.2) is 0 Å². The maximum absolute atomic E-state index is 14.5. The van der Waals surface area contributed by atoms with Gasteiger partial charge in [0, 0.05) is 24.9 Å². The monoisotopic (exact) mass is 558 g/mol. The summed E-state index contributed by atoms with van der Waals surface area (Å²) < 4.78 is 4.78. The number of rotatable bonds is 6. The topological polar surface area (TPSA) is 87.2 Å². The highest BCUT2D eigenvalue weighted by Gasteiger charge is 2.70. The van der Waals surface area contributed by atoms with Crippen LogP contribution in [0.2, 0.25) is 5.02 Å². The molecule has 4 heterocycles. The molecule has 0 bridgehead atoms. The van der Waals surface area contributed by atoms with E-state index in [4.69, 9.17) is 16.3 Å². The van der Waals surface area contributed by atoms with Crippen LogP contribution in [-0.4, -0.2) is 70.1 Å². The van der Waals surface area contributed by atoms with Gasteiger partial charge in [-0.2, -0.15) is 0 Å². The highest BCUT2D eigenvalue weighted by atomic mass is 35.5. The lowest BCUT2D eigenvalue weighted by Crippen LogP contribution is -2.53. The van der Waals surface area contributed by atoms with Crippen molar-refractivity contribution in [2.24, 2.45) is 11.8 Å².